The van der Waals surface area contributed by atoms with Gasteiger partial charge in [-0.2, -0.15) is 0 Å². The lowest BCUT2D eigenvalue weighted by molar-refractivity contribution is -0.117. The summed E-state index contributed by atoms with van der Waals surface area (Å²) in [7, 11) is 6.50. The molecule has 3 N–H and O–H groups in total. The van der Waals surface area contributed by atoms with Gasteiger partial charge in [-0.05, 0) is 90.8 Å². The van der Waals surface area contributed by atoms with Crippen LogP contribution in [0.25, 0.3) is 0 Å². The molecule has 3 atom stereocenters. The second-order valence-electron chi connectivity index (χ2n) is 14.7. The lowest BCUT2D eigenvalue weighted by Gasteiger charge is -2.33. The number of nitrogens with one attached hydrogen (secondary N) is 3. The summed E-state index contributed by atoms with van der Waals surface area (Å²) in [5.41, 5.74) is 7.64. The molecular weight excluding hydrogens is 749 g/mol. The summed E-state index contributed by atoms with van der Waals surface area (Å²) in [6.45, 7) is 2.01. The first kappa shape index (κ1) is 39.0. The summed E-state index contributed by atoms with van der Waals surface area (Å²) in [5, 5.41) is 9.48. The van der Waals surface area contributed by atoms with Gasteiger partial charge in [0.1, 0.15) is 19.4 Å². The molecule has 0 spiro atoms. The molecule has 0 saturated heterocycles. The van der Waals surface area contributed by atoms with E-state index in [1.807, 2.05) is 66.7 Å². The third-order valence-electron chi connectivity index (χ3n) is 10.9. The predicted octanol–water partition coefficient (Wildman–Crippen LogP) is 6.63. The Balaban J connectivity index is 1.02. The van der Waals surface area contributed by atoms with E-state index in [4.69, 9.17) is 18.9 Å². The first-order valence-electron chi connectivity index (χ1n) is 19.5. The van der Waals surface area contributed by atoms with Crippen molar-refractivity contribution in [2.75, 3.05) is 48.7 Å². The molecule has 5 aromatic rings. The highest BCUT2D eigenvalue weighted by Gasteiger charge is 2.40. The number of rotatable bonds is 13. The van der Waals surface area contributed by atoms with Crippen LogP contribution in [0.1, 0.15) is 49.9 Å². The number of anilines is 4. The quantitative estimate of drug-likeness (QED) is 0.112. The zero-order valence-electron chi connectivity index (χ0n) is 33.6. The van der Waals surface area contributed by atoms with Gasteiger partial charge in [-0.3, -0.25) is 29.2 Å². The van der Waals surface area contributed by atoms with Crippen LogP contribution < -0.4 is 44.7 Å². The molecule has 0 fully saturated rings. The van der Waals surface area contributed by atoms with Crippen molar-refractivity contribution in [2.45, 2.75) is 51.2 Å². The Bertz CT molecular complexity index is 2470. The standard InChI is InChI=1S/C46H46N6O7/c1-27(48-3)44(53)49-33-17-28(25-58-39-15-14-32(20-40(39)56-4)45(54)51-34(24-47-2)19-30-10-6-8-12-37(30)51)16-29(18-33)26-59-42-23-36-35(22-41(42)57-5)46(55)52-38-13-9-7-11-31(38)21-43(52)50-36/h6-18,20,22-24,27,34,43,48,50H,19,21,25-26H2,1-5H3,(H,49,53)/b47-24-. The molecule has 302 valence electrons. The molecule has 0 aromatic heterocycles. The maximum Gasteiger partial charge on any atom is 0.262 e. The number of carbonyl (C=O) groups is 3. The Labute approximate surface area is 342 Å². The zero-order chi connectivity index (χ0) is 41.2. The zero-order valence-corrected chi connectivity index (χ0v) is 33.6. The molecule has 8 rings (SSSR count). The van der Waals surface area contributed by atoms with E-state index in [0.717, 1.165) is 33.6 Å². The van der Waals surface area contributed by atoms with Crippen LogP contribution in [0.15, 0.2) is 102 Å². The Morgan fingerprint density at radius 2 is 1.49 bits per heavy atom. The van der Waals surface area contributed by atoms with Gasteiger partial charge in [-0.1, -0.05) is 36.4 Å². The van der Waals surface area contributed by atoms with Crippen molar-refractivity contribution in [1.82, 2.24) is 5.32 Å². The number of nitrogens with zero attached hydrogens (tertiary/aromatic N) is 3. The van der Waals surface area contributed by atoms with Gasteiger partial charge in [0.05, 0.1) is 37.6 Å². The van der Waals surface area contributed by atoms with Gasteiger partial charge in [0.15, 0.2) is 23.0 Å². The van der Waals surface area contributed by atoms with Gasteiger partial charge >= 0.3 is 0 Å². The van der Waals surface area contributed by atoms with Gasteiger partial charge in [0.25, 0.3) is 11.8 Å². The van der Waals surface area contributed by atoms with Crippen molar-refractivity contribution in [3.8, 4) is 23.0 Å². The van der Waals surface area contributed by atoms with E-state index in [1.165, 1.54) is 14.2 Å². The second kappa shape index (κ2) is 16.5. The summed E-state index contributed by atoms with van der Waals surface area (Å²) in [4.78, 5) is 48.4. The van der Waals surface area contributed by atoms with Crippen molar-refractivity contribution in [3.63, 3.8) is 0 Å². The molecular formula is C46H46N6O7. The number of ether oxygens (including phenoxy) is 4. The number of para-hydroxylation sites is 2. The van der Waals surface area contributed by atoms with E-state index in [1.54, 1.807) is 67.4 Å². The molecule has 0 aliphatic carbocycles. The third kappa shape index (κ3) is 7.64. The third-order valence-corrected chi connectivity index (χ3v) is 10.9. The lowest BCUT2D eigenvalue weighted by atomic mass is 10.1. The topological polar surface area (TPSA) is 143 Å². The van der Waals surface area contributed by atoms with E-state index in [0.29, 0.717) is 58.3 Å². The summed E-state index contributed by atoms with van der Waals surface area (Å²) in [6, 6.07) is 29.4. The van der Waals surface area contributed by atoms with Gasteiger partial charge in [-0.15, -0.1) is 0 Å². The molecule has 0 radical (unpaired) electrons. The molecule has 59 heavy (non-hydrogen) atoms. The van der Waals surface area contributed by atoms with Crippen molar-refractivity contribution >= 4 is 46.7 Å². The number of benzene rings is 5. The highest BCUT2D eigenvalue weighted by atomic mass is 16.5. The number of hydrogen-bond acceptors (Lipinski definition) is 10. The number of fused-ring (bicyclic) bond motifs is 5. The SMILES string of the molecule is C/N=C\C1Cc2ccccc2N1C(=O)c1ccc(OCc2cc(COc3cc4c(cc3OC)C(=O)N3c5ccccc5CC3N4)cc(NC(=O)C(C)NC)c2)c(OC)c1. The highest BCUT2D eigenvalue weighted by Crippen LogP contribution is 2.43. The van der Waals surface area contributed by atoms with Crippen LogP contribution in [0.4, 0.5) is 22.7 Å². The number of carbonyl (C=O) groups excluding carboxylic acids is 3. The minimum Gasteiger partial charge on any atom is -0.493 e. The Kier molecular flexibility index (Phi) is 10.9. The molecule has 5 aromatic carbocycles. The smallest absolute Gasteiger partial charge is 0.262 e. The molecule has 3 unspecified atom stereocenters. The highest BCUT2D eigenvalue weighted by molar-refractivity contribution is 6.14. The fourth-order valence-corrected chi connectivity index (χ4v) is 7.92. The van der Waals surface area contributed by atoms with Gasteiger partial charge < -0.3 is 34.9 Å². The fourth-order valence-electron chi connectivity index (χ4n) is 7.92. The van der Waals surface area contributed by atoms with E-state index < -0.39 is 6.04 Å². The van der Waals surface area contributed by atoms with Crippen molar-refractivity contribution in [3.05, 3.63) is 130 Å². The number of likely N-dealkylation sites (N-methyl/N-ethyl adjacent to an activating group) is 1. The van der Waals surface area contributed by atoms with Crippen LogP contribution in [0.2, 0.25) is 0 Å². The summed E-state index contributed by atoms with van der Waals surface area (Å²) < 4.78 is 24.1. The molecule has 13 nitrogen and oxygen atoms in total. The maximum absolute atomic E-state index is 14.0. The van der Waals surface area contributed by atoms with Gasteiger partial charge in [0, 0.05) is 54.8 Å². The van der Waals surface area contributed by atoms with E-state index in [9.17, 15) is 14.4 Å². The molecule has 0 saturated carbocycles. The first-order valence-corrected chi connectivity index (χ1v) is 19.5. The van der Waals surface area contributed by atoms with Crippen LogP contribution in [-0.2, 0) is 30.8 Å². The molecule has 3 amide bonds. The van der Waals surface area contributed by atoms with Gasteiger partial charge in [0.2, 0.25) is 5.91 Å². The lowest BCUT2D eigenvalue weighted by Crippen LogP contribution is -2.46. The van der Waals surface area contributed by atoms with Crippen LogP contribution in [0, 0.1) is 0 Å². The maximum atomic E-state index is 14.0. The van der Waals surface area contributed by atoms with Crippen LogP contribution in [0.5, 0.6) is 23.0 Å². The first-order chi connectivity index (χ1) is 28.7. The summed E-state index contributed by atoms with van der Waals surface area (Å²) in [6.07, 6.45) is 2.97. The van der Waals surface area contributed by atoms with Crippen LogP contribution >= 0.6 is 0 Å². The predicted molar refractivity (Wildman–Crippen MR) is 228 cm³/mol. The molecule has 0 bridgehead atoms. The van der Waals surface area contributed by atoms with E-state index in [-0.39, 0.29) is 43.1 Å². The molecule has 3 aliphatic heterocycles. The van der Waals surface area contributed by atoms with Crippen molar-refractivity contribution in [2.24, 2.45) is 4.99 Å². The average Bonchev–Trinajstić information content (AvgIpc) is 3.82. The van der Waals surface area contributed by atoms with Crippen LogP contribution in [-0.4, -0.2) is 70.5 Å². The van der Waals surface area contributed by atoms with Crippen molar-refractivity contribution < 1.29 is 33.3 Å². The average molecular weight is 795 g/mol. The minimum absolute atomic E-state index is 0.103. The Morgan fingerprint density at radius 3 is 2.19 bits per heavy atom. The van der Waals surface area contributed by atoms with E-state index >= 15 is 0 Å². The van der Waals surface area contributed by atoms with Gasteiger partial charge in [-0.25, -0.2) is 0 Å². The Morgan fingerprint density at radius 1 is 0.831 bits per heavy atom. The number of hydrogen-bond donors (Lipinski definition) is 3. The number of methoxy groups -OCH3 is 2. The van der Waals surface area contributed by atoms with E-state index in [2.05, 4.69) is 20.9 Å². The molecule has 3 heterocycles. The summed E-state index contributed by atoms with van der Waals surface area (Å²) in [5.74, 6) is 1.23. The number of aliphatic imine (C=N–C) groups is 1. The largest absolute Gasteiger partial charge is 0.493 e. The van der Waals surface area contributed by atoms with Crippen LogP contribution in [0.3, 0.4) is 0 Å². The molecule has 13 heteroatoms. The number of amides is 3. The molecule has 3 aliphatic rings. The normalized spacial score (nSPS) is 16.7. The minimum atomic E-state index is -0.433. The van der Waals surface area contributed by atoms with Crippen molar-refractivity contribution in [1.29, 1.82) is 0 Å². The fraction of sp³-hybridized carbons (Fsp3) is 0.261. The summed E-state index contributed by atoms with van der Waals surface area (Å²) >= 11 is 0. The monoisotopic (exact) mass is 794 g/mol. The second-order valence-corrected chi connectivity index (χ2v) is 14.7. The Hall–Kier alpha value is -6.86.